The summed E-state index contributed by atoms with van der Waals surface area (Å²) in [6.07, 6.45) is 3.18. The number of rotatable bonds is 3. The van der Waals surface area contributed by atoms with Gasteiger partial charge in [0.05, 0.1) is 11.6 Å². The van der Waals surface area contributed by atoms with Gasteiger partial charge in [-0.3, -0.25) is 4.79 Å². The molecule has 0 bridgehead atoms. The summed E-state index contributed by atoms with van der Waals surface area (Å²) in [6.45, 7) is 3.65. The van der Waals surface area contributed by atoms with Crippen molar-refractivity contribution < 1.29 is 15.1 Å². The number of carboxylic acid groups (broad SMARTS) is 1. The summed E-state index contributed by atoms with van der Waals surface area (Å²) in [5.41, 5.74) is 0.246. The Morgan fingerprint density at radius 2 is 2.36 bits per heavy atom. The van der Waals surface area contributed by atoms with Crippen LogP contribution in [0.25, 0.3) is 0 Å². The number of hydrogen-bond donors (Lipinski definition) is 2. The summed E-state index contributed by atoms with van der Waals surface area (Å²) in [5.74, 6) is -1.28. The third-order valence-electron chi connectivity index (χ3n) is 3.56. The lowest BCUT2D eigenvalue weighted by molar-refractivity contribution is -0.144. The van der Waals surface area contributed by atoms with Crippen molar-refractivity contribution in [2.24, 2.45) is 16.5 Å². The third kappa shape index (κ3) is 1.49. The first-order valence-electron chi connectivity index (χ1n) is 5.02. The van der Waals surface area contributed by atoms with Crippen molar-refractivity contribution in [2.45, 2.75) is 39.5 Å². The smallest absolute Gasteiger partial charge is 0.307 e. The predicted molar refractivity (Wildman–Crippen MR) is 52.6 cm³/mol. The van der Waals surface area contributed by atoms with Crippen LogP contribution >= 0.6 is 0 Å². The zero-order chi connectivity index (χ0) is 10.8. The van der Waals surface area contributed by atoms with Crippen LogP contribution in [0.1, 0.15) is 39.5 Å². The van der Waals surface area contributed by atoms with Crippen molar-refractivity contribution in [1.29, 1.82) is 0 Å². The second-order valence-corrected chi connectivity index (χ2v) is 3.97. The molecule has 1 aliphatic carbocycles. The number of nitrogens with zero attached hydrogens (tertiary/aromatic N) is 1. The van der Waals surface area contributed by atoms with Crippen LogP contribution in [0.4, 0.5) is 0 Å². The van der Waals surface area contributed by atoms with E-state index in [2.05, 4.69) is 5.16 Å². The van der Waals surface area contributed by atoms with E-state index in [1.54, 1.807) is 6.92 Å². The van der Waals surface area contributed by atoms with Gasteiger partial charge in [-0.15, -0.1) is 0 Å². The zero-order valence-corrected chi connectivity index (χ0v) is 8.66. The normalized spacial score (nSPS) is 32.0. The Balaban J connectivity index is 3.01. The van der Waals surface area contributed by atoms with Crippen LogP contribution in [0.3, 0.4) is 0 Å². The number of oxime groups is 1. The Morgan fingerprint density at radius 3 is 2.79 bits per heavy atom. The molecule has 4 nitrogen and oxygen atoms in total. The van der Waals surface area contributed by atoms with E-state index in [0.717, 1.165) is 25.7 Å². The second-order valence-electron chi connectivity index (χ2n) is 3.97. The number of hydrogen-bond acceptors (Lipinski definition) is 3. The number of carbonyl (C=O) groups is 1. The van der Waals surface area contributed by atoms with Gasteiger partial charge in [-0.25, -0.2) is 0 Å². The second kappa shape index (κ2) is 3.98. The lowest BCUT2D eigenvalue weighted by atomic mass is 9.71. The molecule has 0 aliphatic heterocycles. The predicted octanol–water partition coefficient (Wildman–Crippen LogP) is 2.12. The molecule has 80 valence electrons. The minimum Gasteiger partial charge on any atom is -0.481 e. The average molecular weight is 199 g/mol. The molecule has 0 amide bonds. The highest BCUT2D eigenvalue weighted by Gasteiger charge is 2.46. The van der Waals surface area contributed by atoms with E-state index in [0.29, 0.717) is 5.71 Å². The van der Waals surface area contributed by atoms with E-state index in [1.165, 1.54) is 0 Å². The molecule has 0 saturated heterocycles. The Bertz CT molecular complexity index is 262. The largest absolute Gasteiger partial charge is 0.481 e. The van der Waals surface area contributed by atoms with Crippen molar-refractivity contribution in [3.05, 3.63) is 0 Å². The topological polar surface area (TPSA) is 69.9 Å². The zero-order valence-electron chi connectivity index (χ0n) is 8.66. The lowest BCUT2D eigenvalue weighted by Gasteiger charge is -2.31. The van der Waals surface area contributed by atoms with Gasteiger partial charge in [0.1, 0.15) is 0 Å². The van der Waals surface area contributed by atoms with Crippen molar-refractivity contribution in [3.63, 3.8) is 0 Å². The fourth-order valence-corrected chi connectivity index (χ4v) is 2.50. The van der Waals surface area contributed by atoms with Crippen LogP contribution < -0.4 is 0 Å². The van der Waals surface area contributed by atoms with Crippen LogP contribution in [0.5, 0.6) is 0 Å². The number of carboxylic acids is 1. The Kier molecular flexibility index (Phi) is 3.13. The first-order chi connectivity index (χ1) is 6.58. The van der Waals surface area contributed by atoms with Gasteiger partial charge in [0.25, 0.3) is 0 Å². The molecule has 0 radical (unpaired) electrons. The molecule has 0 heterocycles. The molecule has 0 aromatic heterocycles. The van der Waals surface area contributed by atoms with Crippen LogP contribution in [0.15, 0.2) is 5.16 Å². The highest BCUT2D eigenvalue weighted by Crippen LogP contribution is 2.45. The minimum atomic E-state index is -0.810. The van der Waals surface area contributed by atoms with Crippen LogP contribution in [0, 0.1) is 11.3 Å². The van der Waals surface area contributed by atoms with Crippen molar-refractivity contribution >= 4 is 11.7 Å². The quantitative estimate of drug-likeness (QED) is 0.540. The van der Waals surface area contributed by atoms with Crippen molar-refractivity contribution in [1.82, 2.24) is 0 Å². The SMILES string of the molecule is CCC1(C(C)C(=O)O)CCCC1=NO. The van der Waals surface area contributed by atoms with E-state index in [-0.39, 0.29) is 0 Å². The van der Waals surface area contributed by atoms with Gasteiger partial charge < -0.3 is 10.3 Å². The van der Waals surface area contributed by atoms with Gasteiger partial charge in [0.15, 0.2) is 0 Å². The maximum Gasteiger partial charge on any atom is 0.307 e. The highest BCUT2D eigenvalue weighted by atomic mass is 16.4. The molecular weight excluding hydrogens is 182 g/mol. The summed E-state index contributed by atoms with van der Waals surface area (Å²) < 4.78 is 0. The number of aliphatic carboxylic acids is 1. The Hall–Kier alpha value is -1.06. The first-order valence-corrected chi connectivity index (χ1v) is 5.02. The molecule has 0 aromatic rings. The average Bonchev–Trinajstić information content (AvgIpc) is 2.60. The van der Waals surface area contributed by atoms with E-state index < -0.39 is 17.3 Å². The van der Waals surface area contributed by atoms with Crippen LogP contribution in [-0.2, 0) is 4.79 Å². The van der Waals surface area contributed by atoms with Crippen LogP contribution in [-0.4, -0.2) is 22.0 Å². The van der Waals surface area contributed by atoms with E-state index in [9.17, 15) is 4.79 Å². The lowest BCUT2D eigenvalue weighted by Crippen LogP contribution is -2.37. The van der Waals surface area contributed by atoms with Gasteiger partial charge in [0, 0.05) is 5.41 Å². The molecule has 4 heteroatoms. The molecule has 1 saturated carbocycles. The monoisotopic (exact) mass is 199 g/mol. The standard InChI is InChI=1S/C10H17NO3/c1-3-10(7(2)9(12)13)6-4-5-8(10)11-14/h7,14H,3-6H2,1-2H3,(H,12,13). The van der Waals surface area contributed by atoms with Gasteiger partial charge in [-0.05, 0) is 25.7 Å². The summed E-state index contributed by atoms with van der Waals surface area (Å²) in [4.78, 5) is 11.0. The Morgan fingerprint density at radius 1 is 1.71 bits per heavy atom. The van der Waals surface area contributed by atoms with Gasteiger partial charge in [0.2, 0.25) is 0 Å². The summed E-state index contributed by atoms with van der Waals surface area (Å²) in [7, 11) is 0. The molecule has 2 atom stereocenters. The van der Waals surface area contributed by atoms with Gasteiger partial charge >= 0.3 is 5.97 Å². The molecule has 0 spiro atoms. The van der Waals surface area contributed by atoms with E-state index in [4.69, 9.17) is 10.3 Å². The van der Waals surface area contributed by atoms with Gasteiger partial charge in [-0.1, -0.05) is 19.0 Å². The molecule has 1 aliphatic rings. The maximum absolute atomic E-state index is 11.0. The Labute approximate surface area is 83.6 Å². The molecular formula is C10H17NO3. The molecule has 1 fully saturated rings. The van der Waals surface area contributed by atoms with Gasteiger partial charge in [-0.2, -0.15) is 0 Å². The molecule has 1 rings (SSSR count). The molecule has 14 heavy (non-hydrogen) atoms. The first kappa shape index (κ1) is 11.0. The molecule has 2 N–H and O–H groups in total. The molecule has 2 unspecified atom stereocenters. The van der Waals surface area contributed by atoms with Crippen LogP contribution in [0.2, 0.25) is 0 Å². The minimum absolute atomic E-state index is 0.416. The molecule has 0 aromatic carbocycles. The fourth-order valence-electron chi connectivity index (χ4n) is 2.50. The van der Waals surface area contributed by atoms with Crippen molar-refractivity contribution in [3.8, 4) is 0 Å². The maximum atomic E-state index is 11.0. The van der Waals surface area contributed by atoms with Crippen molar-refractivity contribution in [2.75, 3.05) is 0 Å². The third-order valence-corrected chi connectivity index (χ3v) is 3.56. The fraction of sp³-hybridized carbons (Fsp3) is 0.800. The van der Waals surface area contributed by atoms with E-state index in [1.807, 2.05) is 6.92 Å². The summed E-state index contributed by atoms with van der Waals surface area (Å²) >= 11 is 0. The highest BCUT2D eigenvalue weighted by molar-refractivity contribution is 5.95. The van der Waals surface area contributed by atoms with E-state index >= 15 is 0 Å². The summed E-state index contributed by atoms with van der Waals surface area (Å²) in [5, 5.41) is 21.1. The summed E-state index contributed by atoms with van der Waals surface area (Å²) in [6, 6.07) is 0.